The minimum Gasteiger partial charge on any atom is -0.322 e. The van der Waals surface area contributed by atoms with Gasteiger partial charge >= 0.3 is 0 Å². The Morgan fingerprint density at radius 1 is 0.914 bits per heavy atom. The number of nitrogens with one attached hydrogen (secondary N) is 1. The summed E-state index contributed by atoms with van der Waals surface area (Å²) in [6.07, 6.45) is 1.65. The molecule has 4 rings (SSSR count). The summed E-state index contributed by atoms with van der Waals surface area (Å²) in [6, 6.07) is 20.7. The predicted molar refractivity (Wildman–Crippen MR) is 137 cm³/mol. The standard InChI is InChI=1S/C27H29N3O4S/c1-3-29(4-2)35(33,34)24-15-12-20(13-16-24)26(31)28-23-14-17-25-22(19-23)11-8-18-30(25)27(32)21-9-6-5-7-10-21/h5-7,9-10,12-17,19H,3-4,8,11,18H2,1-2H3,(H,28,31). The molecule has 0 aromatic heterocycles. The van der Waals surface area contributed by atoms with Crippen LogP contribution < -0.4 is 10.2 Å². The maximum atomic E-state index is 13.0. The van der Waals surface area contributed by atoms with Gasteiger partial charge in [-0.2, -0.15) is 4.31 Å². The van der Waals surface area contributed by atoms with Crippen LogP contribution in [0.25, 0.3) is 0 Å². The lowest BCUT2D eigenvalue weighted by Gasteiger charge is -2.30. The molecule has 0 saturated heterocycles. The fraction of sp³-hybridized carbons (Fsp3) is 0.259. The van der Waals surface area contributed by atoms with Crippen molar-refractivity contribution in [3.63, 3.8) is 0 Å². The molecule has 0 atom stereocenters. The molecule has 0 spiro atoms. The van der Waals surface area contributed by atoms with E-state index in [0.29, 0.717) is 36.4 Å². The lowest BCUT2D eigenvalue weighted by Crippen LogP contribution is -2.35. The third-order valence-corrected chi connectivity index (χ3v) is 8.25. The van der Waals surface area contributed by atoms with Gasteiger partial charge in [0.2, 0.25) is 10.0 Å². The summed E-state index contributed by atoms with van der Waals surface area (Å²) in [6.45, 7) is 4.99. The first-order chi connectivity index (χ1) is 16.8. The minimum absolute atomic E-state index is 0.0388. The Labute approximate surface area is 206 Å². The normalized spacial score (nSPS) is 13.4. The van der Waals surface area contributed by atoms with Gasteiger partial charge in [0, 0.05) is 42.1 Å². The highest BCUT2D eigenvalue weighted by atomic mass is 32.2. The smallest absolute Gasteiger partial charge is 0.258 e. The zero-order chi connectivity index (χ0) is 25.0. The van der Waals surface area contributed by atoms with Crippen molar-refractivity contribution in [2.24, 2.45) is 0 Å². The molecule has 0 radical (unpaired) electrons. The van der Waals surface area contributed by atoms with Gasteiger partial charge in [-0.1, -0.05) is 32.0 Å². The number of nitrogens with zero attached hydrogens (tertiary/aromatic N) is 2. The molecule has 1 heterocycles. The molecule has 8 heteroatoms. The second-order valence-electron chi connectivity index (χ2n) is 8.34. The molecule has 0 bridgehead atoms. The van der Waals surface area contributed by atoms with Crippen molar-refractivity contribution >= 4 is 33.2 Å². The summed E-state index contributed by atoms with van der Waals surface area (Å²) in [5.41, 5.74) is 3.49. The average molecular weight is 492 g/mol. The van der Waals surface area contributed by atoms with Gasteiger partial charge in [-0.3, -0.25) is 9.59 Å². The highest BCUT2D eigenvalue weighted by Crippen LogP contribution is 2.31. The lowest BCUT2D eigenvalue weighted by atomic mass is 10.00. The Bertz CT molecular complexity index is 1320. The number of rotatable bonds is 7. The van der Waals surface area contributed by atoms with E-state index >= 15 is 0 Å². The molecule has 35 heavy (non-hydrogen) atoms. The number of fused-ring (bicyclic) bond motifs is 1. The quantitative estimate of drug-likeness (QED) is 0.525. The van der Waals surface area contributed by atoms with Crippen LogP contribution in [0.5, 0.6) is 0 Å². The number of sulfonamides is 1. The van der Waals surface area contributed by atoms with Crippen molar-refractivity contribution in [2.75, 3.05) is 29.9 Å². The van der Waals surface area contributed by atoms with E-state index in [-0.39, 0.29) is 16.7 Å². The zero-order valence-electron chi connectivity index (χ0n) is 19.9. The van der Waals surface area contributed by atoms with Crippen LogP contribution in [0.3, 0.4) is 0 Å². The Balaban J connectivity index is 1.50. The summed E-state index contributed by atoms with van der Waals surface area (Å²) in [4.78, 5) is 27.8. The number of amides is 2. The number of benzene rings is 3. The maximum absolute atomic E-state index is 13.0. The van der Waals surface area contributed by atoms with Gasteiger partial charge in [-0.25, -0.2) is 8.42 Å². The Morgan fingerprint density at radius 2 is 1.60 bits per heavy atom. The summed E-state index contributed by atoms with van der Waals surface area (Å²) in [5.74, 6) is -0.368. The Morgan fingerprint density at radius 3 is 2.26 bits per heavy atom. The largest absolute Gasteiger partial charge is 0.322 e. The van der Waals surface area contributed by atoms with Crippen molar-refractivity contribution in [1.82, 2.24) is 4.31 Å². The second-order valence-corrected chi connectivity index (χ2v) is 10.3. The molecule has 0 fully saturated rings. The molecular formula is C27H29N3O4S. The van der Waals surface area contributed by atoms with Crippen molar-refractivity contribution in [2.45, 2.75) is 31.6 Å². The molecule has 3 aromatic rings. The first-order valence-corrected chi connectivity index (χ1v) is 13.2. The zero-order valence-corrected chi connectivity index (χ0v) is 20.7. The number of carbonyl (C=O) groups excluding carboxylic acids is 2. The average Bonchev–Trinajstić information content (AvgIpc) is 2.89. The SMILES string of the molecule is CCN(CC)S(=O)(=O)c1ccc(C(=O)Nc2ccc3c(c2)CCCN3C(=O)c2ccccc2)cc1. The van der Waals surface area contributed by atoms with E-state index in [0.717, 1.165) is 24.1 Å². The molecular weight excluding hydrogens is 462 g/mol. The van der Waals surface area contributed by atoms with Gasteiger partial charge in [-0.05, 0) is 73.0 Å². The minimum atomic E-state index is -3.58. The lowest BCUT2D eigenvalue weighted by molar-refractivity contribution is 0.0983. The predicted octanol–water partition coefficient (Wildman–Crippen LogP) is 4.56. The highest BCUT2D eigenvalue weighted by molar-refractivity contribution is 7.89. The van der Waals surface area contributed by atoms with E-state index in [9.17, 15) is 18.0 Å². The first-order valence-electron chi connectivity index (χ1n) is 11.8. The molecule has 3 aromatic carbocycles. The van der Waals surface area contributed by atoms with E-state index in [1.165, 1.54) is 28.6 Å². The van der Waals surface area contributed by atoms with Gasteiger partial charge in [0.05, 0.1) is 4.90 Å². The molecule has 1 aliphatic heterocycles. The summed E-state index contributed by atoms with van der Waals surface area (Å²) >= 11 is 0. The molecule has 0 unspecified atom stereocenters. The second kappa shape index (κ2) is 10.4. The number of carbonyl (C=O) groups is 2. The molecule has 1 aliphatic rings. The van der Waals surface area contributed by atoms with Crippen molar-refractivity contribution in [3.05, 3.63) is 89.5 Å². The molecule has 7 nitrogen and oxygen atoms in total. The Hall–Kier alpha value is -3.49. The van der Waals surface area contributed by atoms with Crippen LogP contribution in [0.15, 0.2) is 77.7 Å². The van der Waals surface area contributed by atoms with Gasteiger partial charge in [-0.15, -0.1) is 0 Å². The molecule has 2 amide bonds. The fourth-order valence-corrected chi connectivity index (χ4v) is 5.77. The fourth-order valence-electron chi connectivity index (χ4n) is 4.32. The topological polar surface area (TPSA) is 86.8 Å². The first kappa shape index (κ1) is 24.6. The summed E-state index contributed by atoms with van der Waals surface area (Å²) in [7, 11) is -3.58. The number of hydrogen-bond acceptors (Lipinski definition) is 4. The van der Waals surface area contributed by atoms with Crippen LogP contribution in [0, 0.1) is 0 Å². The van der Waals surface area contributed by atoms with Crippen molar-refractivity contribution in [1.29, 1.82) is 0 Å². The van der Waals surface area contributed by atoms with E-state index in [4.69, 9.17) is 0 Å². The molecule has 1 N–H and O–H groups in total. The molecule has 0 aliphatic carbocycles. The number of aryl methyl sites for hydroxylation is 1. The van der Waals surface area contributed by atoms with Gasteiger partial charge in [0.15, 0.2) is 0 Å². The van der Waals surface area contributed by atoms with Crippen LogP contribution in [0.1, 0.15) is 46.5 Å². The highest BCUT2D eigenvalue weighted by Gasteiger charge is 2.24. The van der Waals surface area contributed by atoms with Crippen LogP contribution in [-0.2, 0) is 16.4 Å². The maximum Gasteiger partial charge on any atom is 0.258 e. The summed E-state index contributed by atoms with van der Waals surface area (Å²) in [5, 5.41) is 2.89. The molecule has 182 valence electrons. The van der Waals surface area contributed by atoms with Crippen LogP contribution >= 0.6 is 0 Å². The third kappa shape index (κ3) is 5.13. The number of hydrogen-bond donors (Lipinski definition) is 1. The van der Waals surface area contributed by atoms with Crippen molar-refractivity contribution < 1.29 is 18.0 Å². The van der Waals surface area contributed by atoms with E-state index in [1.54, 1.807) is 24.8 Å². The van der Waals surface area contributed by atoms with Crippen LogP contribution in [0.4, 0.5) is 11.4 Å². The summed E-state index contributed by atoms with van der Waals surface area (Å²) < 4.78 is 26.7. The van der Waals surface area contributed by atoms with E-state index in [2.05, 4.69) is 5.32 Å². The van der Waals surface area contributed by atoms with Crippen LogP contribution in [-0.4, -0.2) is 44.2 Å². The number of anilines is 2. The van der Waals surface area contributed by atoms with Gasteiger partial charge in [0.25, 0.3) is 11.8 Å². The van der Waals surface area contributed by atoms with Gasteiger partial charge in [0.1, 0.15) is 0 Å². The third-order valence-electron chi connectivity index (χ3n) is 6.18. The Kier molecular flexibility index (Phi) is 7.33. The van der Waals surface area contributed by atoms with E-state index in [1.807, 2.05) is 42.5 Å². The van der Waals surface area contributed by atoms with Crippen LogP contribution in [0.2, 0.25) is 0 Å². The molecule has 0 saturated carbocycles. The van der Waals surface area contributed by atoms with E-state index < -0.39 is 10.0 Å². The van der Waals surface area contributed by atoms with Crippen molar-refractivity contribution in [3.8, 4) is 0 Å². The van der Waals surface area contributed by atoms with Gasteiger partial charge < -0.3 is 10.2 Å². The monoisotopic (exact) mass is 491 g/mol.